The molecule has 0 N–H and O–H groups in total. The molecule has 0 saturated carbocycles. The molecule has 0 fully saturated rings. The number of hydrogen-bond donors (Lipinski definition) is 0. The smallest absolute Gasteiger partial charge is 0.0171 e. The third kappa shape index (κ3) is 5.01. The van der Waals surface area contributed by atoms with Gasteiger partial charge in [0.1, 0.15) is 0 Å². The Morgan fingerprint density at radius 1 is 0.243 bits per heavy atom. The standard InChI is InChI=1S/C37H28/c1-27-18-20-30(21-19-27)35-24-36(33-16-8-14-31(22-33)28-10-4-2-5-11-28)26-37(25-35)34-17-9-15-32(23-34)29-12-6-3-7-13-29/h2-26H,1H3. The molecular weight excluding hydrogens is 444 g/mol. The molecule has 0 amide bonds. The van der Waals surface area contributed by atoms with Gasteiger partial charge in [-0.2, -0.15) is 0 Å². The maximum Gasteiger partial charge on any atom is -0.0171 e. The second-order valence-corrected chi connectivity index (χ2v) is 9.56. The van der Waals surface area contributed by atoms with Crippen molar-refractivity contribution in [2.75, 3.05) is 0 Å². The van der Waals surface area contributed by atoms with Crippen molar-refractivity contribution in [3.8, 4) is 55.6 Å². The summed E-state index contributed by atoms with van der Waals surface area (Å²) in [5, 5.41) is 0. The van der Waals surface area contributed by atoms with Crippen LogP contribution in [0.3, 0.4) is 0 Å². The van der Waals surface area contributed by atoms with Gasteiger partial charge in [0.25, 0.3) is 0 Å². The van der Waals surface area contributed by atoms with E-state index in [4.69, 9.17) is 0 Å². The van der Waals surface area contributed by atoms with Crippen LogP contribution in [0.1, 0.15) is 5.56 Å². The summed E-state index contributed by atoms with van der Waals surface area (Å²) >= 11 is 0. The van der Waals surface area contributed by atoms with Crippen molar-refractivity contribution in [2.45, 2.75) is 6.92 Å². The molecule has 0 atom stereocenters. The lowest BCUT2D eigenvalue weighted by Crippen LogP contribution is -1.88. The number of rotatable bonds is 5. The first-order chi connectivity index (χ1) is 18.2. The van der Waals surface area contributed by atoms with Crippen LogP contribution in [0.4, 0.5) is 0 Å². The highest BCUT2D eigenvalue weighted by Crippen LogP contribution is 2.35. The summed E-state index contributed by atoms with van der Waals surface area (Å²) in [6, 6.07) is 54.7. The molecule has 0 saturated heterocycles. The summed E-state index contributed by atoms with van der Waals surface area (Å²) < 4.78 is 0. The molecular formula is C37H28. The summed E-state index contributed by atoms with van der Waals surface area (Å²) in [4.78, 5) is 0. The van der Waals surface area contributed by atoms with Gasteiger partial charge in [-0.25, -0.2) is 0 Å². The Morgan fingerprint density at radius 2 is 0.541 bits per heavy atom. The maximum atomic E-state index is 2.33. The average molecular weight is 473 g/mol. The summed E-state index contributed by atoms with van der Waals surface area (Å²) in [7, 11) is 0. The van der Waals surface area contributed by atoms with E-state index in [1.807, 2.05) is 0 Å². The molecule has 0 aromatic heterocycles. The highest BCUT2D eigenvalue weighted by atomic mass is 14.1. The van der Waals surface area contributed by atoms with Crippen molar-refractivity contribution >= 4 is 0 Å². The monoisotopic (exact) mass is 472 g/mol. The number of benzene rings is 6. The van der Waals surface area contributed by atoms with Gasteiger partial charge < -0.3 is 0 Å². The van der Waals surface area contributed by atoms with Gasteiger partial charge in [-0.05, 0) is 92.9 Å². The fraction of sp³-hybridized carbons (Fsp3) is 0.0270. The zero-order valence-corrected chi connectivity index (χ0v) is 20.9. The Hall–Kier alpha value is -4.68. The van der Waals surface area contributed by atoms with Gasteiger partial charge in [-0.15, -0.1) is 0 Å². The molecule has 0 spiro atoms. The zero-order chi connectivity index (χ0) is 25.0. The van der Waals surface area contributed by atoms with Gasteiger partial charge in [-0.1, -0.05) is 127 Å². The van der Waals surface area contributed by atoms with Crippen LogP contribution in [0, 0.1) is 6.92 Å². The molecule has 6 aromatic carbocycles. The third-order valence-electron chi connectivity index (χ3n) is 6.92. The summed E-state index contributed by atoms with van der Waals surface area (Å²) in [5.41, 5.74) is 13.5. The molecule has 0 bridgehead atoms. The Morgan fingerprint density at radius 3 is 0.973 bits per heavy atom. The van der Waals surface area contributed by atoms with Gasteiger partial charge in [0.05, 0.1) is 0 Å². The van der Waals surface area contributed by atoms with Crippen molar-refractivity contribution in [3.05, 3.63) is 157 Å². The average Bonchev–Trinajstić information content (AvgIpc) is 2.98. The highest BCUT2D eigenvalue weighted by molar-refractivity contribution is 5.84. The number of hydrogen-bond acceptors (Lipinski definition) is 0. The molecule has 6 rings (SSSR count). The minimum Gasteiger partial charge on any atom is -0.0622 e. The normalized spacial score (nSPS) is 10.8. The minimum atomic E-state index is 1.22. The van der Waals surface area contributed by atoms with Crippen molar-refractivity contribution in [1.29, 1.82) is 0 Å². The van der Waals surface area contributed by atoms with E-state index in [0.717, 1.165) is 0 Å². The summed E-state index contributed by atoms with van der Waals surface area (Å²) in [6.45, 7) is 2.13. The zero-order valence-electron chi connectivity index (χ0n) is 20.9. The molecule has 0 radical (unpaired) electrons. The molecule has 176 valence electrons. The fourth-order valence-corrected chi connectivity index (χ4v) is 4.89. The van der Waals surface area contributed by atoms with E-state index in [1.54, 1.807) is 0 Å². The summed E-state index contributed by atoms with van der Waals surface area (Å²) in [6.07, 6.45) is 0. The molecule has 0 aliphatic carbocycles. The highest BCUT2D eigenvalue weighted by Gasteiger charge is 2.10. The quantitative estimate of drug-likeness (QED) is 0.234. The Kier molecular flexibility index (Phi) is 6.23. The lowest BCUT2D eigenvalue weighted by molar-refractivity contribution is 1.47. The van der Waals surface area contributed by atoms with Crippen LogP contribution in [0.5, 0.6) is 0 Å². The van der Waals surface area contributed by atoms with Crippen LogP contribution in [0.2, 0.25) is 0 Å². The van der Waals surface area contributed by atoms with Gasteiger partial charge in [0.2, 0.25) is 0 Å². The first kappa shape index (κ1) is 22.8. The predicted octanol–water partition coefficient (Wildman–Crippen LogP) is 10.3. The van der Waals surface area contributed by atoms with Crippen LogP contribution in [-0.4, -0.2) is 0 Å². The van der Waals surface area contributed by atoms with E-state index in [1.165, 1.54) is 61.2 Å². The predicted molar refractivity (Wildman–Crippen MR) is 158 cm³/mol. The van der Waals surface area contributed by atoms with E-state index in [-0.39, 0.29) is 0 Å². The van der Waals surface area contributed by atoms with Crippen LogP contribution in [-0.2, 0) is 0 Å². The second kappa shape index (κ2) is 10.1. The molecule has 0 nitrogen and oxygen atoms in total. The van der Waals surface area contributed by atoms with Crippen molar-refractivity contribution in [3.63, 3.8) is 0 Å². The largest absolute Gasteiger partial charge is 0.0622 e. The Balaban J connectivity index is 1.50. The van der Waals surface area contributed by atoms with Crippen molar-refractivity contribution in [1.82, 2.24) is 0 Å². The fourth-order valence-electron chi connectivity index (χ4n) is 4.89. The topological polar surface area (TPSA) is 0 Å². The second-order valence-electron chi connectivity index (χ2n) is 9.56. The van der Waals surface area contributed by atoms with Gasteiger partial charge in [-0.3, -0.25) is 0 Å². The van der Waals surface area contributed by atoms with Crippen LogP contribution < -0.4 is 0 Å². The van der Waals surface area contributed by atoms with Crippen molar-refractivity contribution in [2.24, 2.45) is 0 Å². The van der Waals surface area contributed by atoms with E-state index < -0.39 is 0 Å². The molecule has 0 unspecified atom stereocenters. The maximum absolute atomic E-state index is 2.33. The molecule has 0 aliphatic rings. The van der Waals surface area contributed by atoms with E-state index in [9.17, 15) is 0 Å². The first-order valence-corrected chi connectivity index (χ1v) is 12.8. The molecule has 0 aliphatic heterocycles. The molecule has 37 heavy (non-hydrogen) atoms. The summed E-state index contributed by atoms with van der Waals surface area (Å²) in [5.74, 6) is 0. The lowest BCUT2D eigenvalue weighted by Gasteiger charge is -2.13. The molecule has 0 heterocycles. The van der Waals surface area contributed by atoms with E-state index in [0.29, 0.717) is 0 Å². The third-order valence-corrected chi connectivity index (χ3v) is 6.92. The first-order valence-electron chi connectivity index (χ1n) is 12.8. The van der Waals surface area contributed by atoms with E-state index >= 15 is 0 Å². The minimum absolute atomic E-state index is 1.22. The van der Waals surface area contributed by atoms with Crippen molar-refractivity contribution < 1.29 is 0 Å². The van der Waals surface area contributed by atoms with Crippen LogP contribution in [0.15, 0.2) is 152 Å². The van der Waals surface area contributed by atoms with Gasteiger partial charge in [0, 0.05) is 0 Å². The Bertz CT molecular complexity index is 1540. The van der Waals surface area contributed by atoms with Crippen LogP contribution >= 0.6 is 0 Å². The van der Waals surface area contributed by atoms with Crippen LogP contribution in [0.25, 0.3) is 55.6 Å². The lowest BCUT2D eigenvalue weighted by atomic mass is 9.91. The Labute approximate surface area is 219 Å². The SMILES string of the molecule is Cc1ccc(-c2cc(-c3cccc(-c4ccccc4)c3)cc(-c3cccc(-c4ccccc4)c3)c2)cc1. The molecule has 6 aromatic rings. The van der Waals surface area contributed by atoms with E-state index in [2.05, 4.69) is 159 Å². The molecule has 0 heteroatoms. The van der Waals surface area contributed by atoms with Gasteiger partial charge in [0.15, 0.2) is 0 Å². The van der Waals surface area contributed by atoms with Gasteiger partial charge >= 0.3 is 0 Å². The number of aryl methyl sites for hydroxylation is 1.